The van der Waals surface area contributed by atoms with Gasteiger partial charge in [-0.2, -0.15) is 0 Å². The SMILES string of the molecule is CC(C)[C@H](NC(=O)COC(=O)CCc1ccccc1)c1ccc2c(c1)OCCO2. The van der Waals surface area contributed by atoms with Crippen molar-refractivity contribution in [1.29, 1.82) is 0 Å². The molecule has 0 aromatic heterocycles. The minimum atomic E-state index is -0.385. The Hall–Kier alpha value is -3.02. The summed E-state index contributed by atoms with van der Waals surface area (Å²) in [7, 11) is 0. The number of benzene rings is 2. The molecule has 6 heteroatoms. The topological polar surface area (TPSA) is 73.9 Å². The minimum Gasteiger partial charge on any atom is -0.486 e. The molecule has 0 spiro atoms. The Labute approximate surface area is 171 Å². The van der Waals surface area contributed by atoms with Crippen molar-refractivity contribution in [2.24, 2.45) is 5.92 Å². The van der Waals surface area contributed by atoms with E-state index in [1.54, 1.807) is 0 Å². The first kappa shape index (κ1) is 20.7. The molecular weight excluding hydrogens is 370 g/mol. The van der Waals surface area contributed by atoms with E-state index in [1.165, 1.54) is 0 Å². The average Bonchev–Trinajstić information content (AvgIpc) is 2.74. The number of carbonyl (C=O) groups is 2. The van der Waals surface area contributed by atoms with Crippen LogP contribution >= 0.6 is 0 Å². The van der Waals surface area contributed by atoms with E-state index in [0.717, 1.165) is 11.1 Å². The molecule has 0 saturated heterocycles. The van der Waals surface area contributed by atoms with Gasteiger partial charge in [0.05, 0.1) is 6.04 Å². The van der Waals surface area contributed by atoms with Crippen LogP contribution in [0.25, 0.3) is 0 Å². The van der Waals surface area contributed by atoms with E-state index in [-0.39, 0.29) is 36.9 Å². The molecule has 1 heterocycles. The zero-order valence-corrected chi connectivity index (χ0v) is 16.9. The van der Waals surface area contributed by atoms with Crippen molar-refractivity contribution < 1.29 is 23.8 Å². The highest BCUT2D eigenvalue weighted by Crippen LogP contribution is 2.34. The van der Waals surface area contributed by atoms with Crippen molar-refractivity contribution in [3.05, 3.63) is 59.7 Å². The number of esters is 1. The van der Waals surface area contributed by atoms with E-state index < -0.39 is 0 Å². The van der Waals surface area contributed by atoms with Crippen LogP contribution in [-0.4, -0.2) is 31.7 Å². The molecule has 0 fully saturated rings. The molecule has 0 aliphatic carbocycles. The summed E-state index contributed by atoms with van der Waals surface area (Å²) in [6.07, 6.45) is 0.834. The molecule has 1 aliphatic rings. The molecule has 1 N–H and O–H groups in total. The van der Waals surface area contributed by atoms with Gasteiger partial charge in [-0.3, -0.25) is 9.59 Å². The van der Waals surface area contributed by atoms with Crippen molar-refractivity contribution in [2.45, 2.75) is 32.7 Å². The Morgan fingerprint density at radius 2 is 1.76 bits per heavy atom. The van der Waals surface area contributed by atoms with Gasteiger partial charge < -0.3 is 19.5 Å². The first-order valence-electron chi connectivity index (χ1n) is 9.91. The molecule has 2 aromatic carbocycles. The smallest absolute Gasteiger partial charge is 0.306 e. The number of carbonyl (C=O) groups excluding carboxylic acids is 2. The van der Waals surface area contributed by atoms with Gasteiger partial charge in [-0.05, 0) is 35.6 Å². The van der Waals surface area contributed by atoms with Crippen LogP contribution < -0.4 is 14.8 Å². The third-order valence-corrected chi connectivity index (χ3v) is 4.73. The minimum absolute atomic E-state index is 0.148. The highest BCUT2D eigenvalue weighted by molar-refractivity contribution is 5.81. The number of fused-ring (bicyclic) bond motifs is 1. The van der Waals surface area contributed by atoms with Crippen LogP contribution in [0.3, 0.4) is 0 Å². The summed E-state index contributed by atoms with van der Waals surface area (Å²) >= 11 is 0. The average molecular weight is 397 g/mol. The van der Waals surface area contributed by atoms with E-state index in [0.29, 0.717) is 31.1 Å². The zero-order chi connectivity index (χ0) is 20.6. The highest BCUT2D eigenvalue weighted by Gasteiger charge is 2.22. The van der Waals surface area contributed by atoms with Gasteiger partial charge in [0.25, 0.3) is 5.91 Å². The van der Waals surface area contributed by atoms with Crippen LogP contribution in [0.15, 0.2) is 48.5 Å². The maximum absolute atomic E-state index is 12.4. The van der Waals surface area contributed by atoms with Gasteiger partial charge >= 0.3 is 5.97 Å². The lowest BCUT2D eigenvalue weighted by Gasteiger charge is -2.25. The second kappa shape index (κ2) is 9.96. The van der Waals surface area contributed by atoms with Crippen LogP contribution in [0.5, 0.6) is 11.5 Å². The Kier molecular flexibility index (Phi) is 7.11. The van der Waals surface area contributed by atoms with Crippen LogP contribution in [0.4, 0.5) is 0 Å². The predicted octanol–water partition coefficient (Wildman–Crippen LogP) is 3.45. The normalized spacial score (nSPS) is 13.6. The number of nitrogens with one attached hydrogen (secondary N) is 1. The zero-order valence-electron chi connectivity index (χ0n) is 16.9. The summed E-state index contributed by atoms with van der Waals surface area (Å²) in [5, 5.41) is 2.96. The molecule has 2 aromatic rings. The Morgan fingerprint density at radius 1 is 1.03 bits per heavy atom. The number of amides is 1. The predicted molar refractivity (Wildman–Crippen MR) is 109 cm³/mol. The van der Waals surface area contributed by atoms with Gasteiger partial charge in [0.15, 0.2) is 18.1 Å². The third kappa shape index (κ3) is 5.98. The summed E-state index contributed by atoms with van der Waals surface area (Å²) in [6.45, 7) is 4.79. The molecule has 3 rings (SSSR count). The van der Waals surface area contributed by atoms with Crippen molar-refractivity contribution in [3.63, 3.8) is 0 Å². The number of rotatable bonds is 8. The van der Waals surface area contributed by atoms with Crippen LogP contribution in [0.1, 0.15) is 37.4 Å². The molecular formula is C23H27NO5. The Bertz CT molecular complexity index is 834. The molecule has 1 amide bonds. The second-order valence-corrected chi connectivity index (χ2v) is 7.34. The second-order valence-electron chi connectivity index (χ2n) is 7.34. The quantitative estimate of drug-likeness (QED) is 0.691. The molecule has 0 saturated carbocycles. The fourth-order valence-corrected chi connectivity index (χ4v) is 3.21. The van der Waals surface area contributed by atoms with E-state index in [9.17, 15) is 9.59 Å². The number of hydrogen-bond acceptors (Lipinski definition) is 5. The number of hydrogen-bond donors (Lipinski definition) is 1. The van der Waals surface area contributed by atoms with Gasteiger partial charge in [-0.1, -0.05) is 50.2 Å². The fourth-order valence-electron chi connectivity index (χ4n) is 3.21. The van der Waals surface area contributed by atoms with Gasteiger partial charge in [0, 0.05) is 6.42 Å². The van der Waals surface area contributed by atoms with Gasteiger partial charge in [0.1, 0.15) is 13.2 Å². The van der Waals surface area contributed by atoms with E-state index in [4.69, 9.17) is 14.2 Å². The largest absolute Gasteiger partial charge is 0.486 e. The van der Waals surface area contributed by atoms with E-state index in [1.807, 2.05) is 62.4 Å². The Balaban J connectivity index is 1.51. The third-order valence-electron chi connectivity index (χ3n) is 4.73. The van der Waals surface area contributed by atoms with Crippen molar-refractivity contribution in [3.8, 4) is 11.5 Å². The summed E-state index contributed by atoms with van der Waals surface area (Å²) in [4.78, 5) is 24.3. The molecule has 6 nitrogen and oxygen atoms in total. The first-order chi connectivity index (χ1) is 14.0. The summed E-state index contributed by atoms with van der Waals surface area (Å²) in [5.41, 5.74) is 1.99. The molecule has 1 atom stereocenters. The van der Waals surface area contributed by atoms with E-state index in [2.05, 4.69) is 5.32 Å². The van der Waals surface area contributed by atoms with E-state index >= 15 is 0 Å². The lowest BCUT2D eigenvalue weighted by atomic mass is 9.95. The van der Waals surface area contributed by atoms with Crippen LogP contribution in [0, 0.1) is 5.92 Å². The van der Waals surface area contributed by atoms with Crippen LogP contribution in [-0.2, 0) is 20.7 Å². The van der Waals surface area contributed by atoms with Gasteiger partial charge in [0.2, 0.25) is 0 Å². The molecule has 29 heavy (non-hydrogen) atoms. The number of ether oxygens (including phenoxy) is 3. The molecule has 1 aliphatic heterocycles. The molecule has 154 valence electrons. The monoisotopic (exact) mass is 397 g/mol. The lowest BCUT2D eigenvalue weighted by molar-refractivity contribution is -0.148. The summed E-state index contributed by atoms with van der Waals surface area (Å²) in [5.74, 6) is 0.827. The Morgan fingerprint density at radius 3 is 2.48 bits per heavy atom. The summed E-state index contributed by atoms with van der Waals surface area (Å²) in [6, 6.07) is 15.2. The molecule has 0 bridgehead atoms. The van der Waals surface area contributed by atoms with Crippen molar-refractivity contribution >= 4 is 11.9 Å². The van der Waals surface area contributed by atoms with Gasteiger partial charge in [-0.15, -0.1) is 0 Å². The maximum atomic E-state index is 12.4. The summed E-state index contributed by atoms with van der Waals surface area (Å²) < 4.78 is 16.3. The molecule has 0 unspecified atom stereocenters. The van der Waals surface area contributed by atoms with Gasteiger partial charge in [-0.25, -0.2) is 0 Å². The van der Waals surface area contributed by atoms with Crippen molar-refractivity contribution in [2.75, 3.05) is 19.8 Å². The first-order valence-corrected chi connectivity index (χ1v) is 9.91. The van der Waals surface area contributed by atoms with Crippen LogP contribution in [0.2, 0.25) is 0 Å². The number of aryl methyl sites for hydroxylation is 1. The maximum Gasteiger partial charge on any atom is 0.306 e. The standard InChI is InChI=1S/C23H27NO5/c1-16(2)23(18-9-10-19-20(14-18)28-13-12-27-19)24-21(25)15-29-22(26)11-8-17-6-4-3-5-7-17/h3-7,9-10,14,16,23H,8,11-13,15H2,1-2H3,(H,24,25)/t23-/m0/s1. The molecule has 0 radical (unpaired) electrons. The fraction of sp³-hybridized carbons (Fsp3) is 0.391. The lowest BCUT2D eigenvalue weighted by Crippen LogP contribution is -2.35. The highest BCUT2D eigenvalue weighted by atomic mass is 16.6. The van der Waals surface area contributed by atoms with Crippen molar-refractivity contribution in [1.82, 2.24) is 5.32 Å².